The van der Waals surface area contributed by atoms with Crippen LogP contribution >= 0.6 is 11.3 Å². The van der Waals surface area contributed by atoms with Gasteiger partial charge in [0.05, 0.1) is 19.0 Å². The van der Waals surface area contributed by atoms with Crippen LogP contribution in [-0.4, -0.2) is 27.7 Å². The van der Waals surface area contributed by atoms with Gasteiger partial charge in [0.25, 0.3) is 0 Å². The molecule has 0 saturated carbocycles. The minimum Gasteiger partial charge on any atom is -0.496 e. The van der Waals surface area contributed by atoms with Crippen molar-refractivity contribution in [3.8, 4) is 5.75 Å². The summed E-state index contributed by atoms with van der Waals surface area (Å²) in [7, 11) is 1.67. The number of carbonyl (C=O) groups is 1. The van der Waals surface area contributed by atoms with Crippen LogP contribution in [0.3, 0.4) is 0 Å². The van der Waals surface area contributed by atoms with Gasteiger partial charge in [-0.2, -0.15) is 0 Å². The Labute approximate surface area is 181 Å². The third-order valence-corrected chi connectivity index (χ3v) is 5.94. The molecule has 1 N–H and O–H groups in total. The van der Waals surface area contributed by atoms with Crippen LogP contribution < -0.4 is 4.74 Å². The number of aliphatic carboxylic acids is 1. The first-order valence-electron chi connectivity index (χ1n) is 10.2. The van der Waals surface area contributed by atoms with E-state index in [0.717, 1.165) is 52.5 Å². The van der Waals surface area contributed by atoms with Gasteiger partial charge in [-0.1, -0.05) is 31.5 Å². The van der Waals surface area contributed by atoms with E-state index in [1.807, 2.05) is 36.6 Å². The molecule has 5 nitrogen and oxygen atoms in total. The number of carboxylic acids is 1. The number of thiophene rings is 1. The van der Waals surface area contributed by atoms with Gasteiger partial charge in [0.2, 0.25) is 0 Å². The zero-order valence-corrected chi connectivity index (χ0v) is 18.5. The second-order valence-corrected chi connectivity index (χ2v) is 8.36. The van der Waals surface area contributed by atoms with Crippen LogP contribution in [-0.2, 0) is 24.2 Å². The summed E-state index contributed by atoms with van der Waals surface area (Å²) in [5, 5.41) is 11.7. The molecule has 1 aromatic carbocycles. The van der Waals surface area contributed by atoms with E-state index >= 15 is 0 Å². The van der Waals surface area contributed by atoms with Crippen molar-refractivity contribution in [2.75, 3.05) is 7.11 Å². The first-order chi connectivity index (χ1) is 14.5. The number of unbranched alkanes of at least 4 members (excludes halogenated alkanes) is 1. The Balaban J connectivity index is 1.96. The Hall–Kier alpha value is -2.86. The maximum Gasteiger partial charge on any atom is 0.332 e. The van der Waals surface area contributed by atoms with Crippen LogP contribution in [0.25, 0.3) is 6.08 Å². The van der Waals surface area contributed by atoms with Crippen molar-refractivity contribution in [1.29, 1.82) is 0 Å². The second kappa shape index (κ2) is 10.3. The molecule has 3 rings (SSSR count). The van der Waals surface area contributed by atoms with Crippen LogP contribution in [0, 0.1) is 6.92 Å². The molecule has 3 aromatic rings. The van der Waals surface area contributed by atoms with E-state index in [1.54, 1.807) is 30.7 Å². The van der Waals surface area contributed by atoms with Gasteiger partial charge in [0.1, 0.15) is 11.6 Å². The average molecular weight is 425 g/mol. The predicted molar refractivity (Wildman–Crippen MR) is 121 cm³/mol. The fourth-order valence-corrected chi connectivity index (χ4v) is 4.18. The number of benzene rings is 1. The van der Waals surface area contributed by atoms with E-state index in [4.69, 9.17) is 4.74 Å². The fraction of sp³-hybridized carbons (Fsp3) is 0.333. The highest BCUT2D eigenvalue weighted by atomic mass is 32.1. The van der Waals surface area contributed by atoms with Gasteiger partial charge in [0, 0.05) is 29.8 Å². The number of hydrogen-bond acceptors (Lipinski definition) is 4. The minimum atomic E-state index is -0.897. The van der Waals surface area contributed by atoms with Crippen LogP contribution in [0.1, 0.15) is 47.3 Å². The molecule has 30 heavy (non-hydrogen) atoms. The Morgan fingerprint density at radius 1 is 1.33 bits per heavy atom. The quantitative estimate of drug-likeness (QED) is 0.445. The molecule has 0 radical (unpaired) electrons. The molecule has 0 unspecified atom stereocenters. The number of rotatable bonds is 10. The number of nitrogens with zero attached hydrogens (tertiary/aromatic N) is 2. The first-order valence-corrected chi connectivity index (χ1v) is 11.0. The topological polar surface area (TPSA) is 64.3 Å². The third kappa shape index (κ3) is 5.39. The zero-order chi connectivity index (χ0) is 21.5. The normalized spacial score (nSPS) is 11.6. The number of carboxylic acid groups (broad SMARTS) is 1. The maximum atomic E-state index is 11.9. The third-order valence-electron chi connectivity index (χ3n) is 5.06. The average Bonchev–Trinajstić information content (AvgIpc) is 3.36. The van der Waals surface area contributed by atoms with E-state index in [0.29, 0.717) is 18.5 Å². The molecule has 0 amide bonds. The smallest absolute Gasteiger partial charge is 0.332 e. The van der Waals surface area contributed by atoms with Crippen molar-refractivity contribution in [3.63, 3.8) is 0 Å². The molecule has 158 valence electrons. The first kappa shape index (κ1) is 21.8. The standard InChI is InChI=1S/C24H28N2O3S/c1-4-5-8-23-25-15-20(13-19(24(27)28)14-21-7-6-11-30-21)26(23)16-18-9-10-22(29-3)17(2)12-18/h6-7,9-13,15H,4-5,8,14,16H2,1-3H3,(H,27,28)/b19-13+. The predicted octanol–water partition coefficient (Wildman–Crippen LogP) is 5.36. The van der Waals surface area contributed by atoms with Crippen molar-refractivity contribution in [1.82, 2.24) is 9.55 Å². The number of hydrogen-bond donors (Lipinski definition) is 1. The molecule has 6 heteroatoms. The molecule has 0 saturated heterocycles. The van der Waals surface area contributed by atoms with E-state index in [2.05, 4.69) is 22.5 Å². The number of aryl methyl sites for hydroxylation is 2. The molecular weight excluding hydrogens is 396 g/mol. The summed E-state index contributed by atoms with van der Waals surface area (Å²) < 4.78 is 7.50. The van der Waals surface area contributed by atoms with Crippen molar-refractivity contribution in [2.24, 2.45) is 0 Å². The molecule has 0 aliphatic heterocycles. The van der Waals surface area contributed by atoms with Gasteiger partial charge < -0.3 is 14.4 Å². The van der Waals surface area contributed by atoms with E-state index in [-0.39, 0.29) is 0 Å². The highest BCUT2D eigenvalue weighted by Gasteiger charge is 2.14. The van der Waals surface area contributed by atoms with Crippen molar-refractivity contribution < 1.29 is 14.6 Å². The lowest BCUT2D eigenvalue weighted by Crippen LogP contribution is -2.09. The second-order valence-electron chi connectivity index (χ2n) is 7.32. The SMILES string of the molecule is CCCCc1ncc(/C=C(\Cc2cccs2)C(=O)O)n1Cc1ccc(OC)c(C)c1. The number of methoxy groups -OCH3 is 1. The summed E-state index contributed by atoms with van der Waals surface area (Å²) in [4.78, 5) is 17.5. The Morgan fingerprint density at radius 3 is 2.80 bits per heavy atom. The summed E-state index contributed by atoms with van der Waals surface area (Å²) in [6.45, 7) is 4.82. The summed E-state index contributed by atoms with van der Waals surface area (Å²) in [6.07, 6.45) is 6.96. The Kier molecular flexibility index (Phi) is 7.46. The summed E-state index contributed by atoms with van der Waals surface area (Å²) in [6, 6.07) is 10.0. The lowest BCUT2D eigenvalue weighted by molar-refractivity contribution is -0.132. The molecule has 2 aromatic heterocycles. The Morgan fingerprint density at radius 2 is 2.17 bits per heavy atom. The van der Waals surface area contributed by atoms with Crippen molar-refractivity contribution in [2.45, 2.75) is 46.1 Å². The molecule has 2 heterocycles. The lowest BCUT2D eigenvalue weighted by atomic mass is 10.1. The number of imidazole rings is 1. The van der Waals surface area contributed by atoms with E-state index in [1.165, 1.54) is 0 Å². The molecule has 0 aliphatic carbocycles. The largest absolute Gasteiger partial charge is 0.496 e. The van der Waals surface area contributed by atoms with Crippen molar-refractivity contribution in [3.05, 3.63) is 75.0 Å². The fourth-order valence-electron chi connectivity index (χ4n) is 3.45. The summed E-state index contributed by atoms with van der Waals surface area (Å²) >= 11 is 1.57. The van der Waals surface area contributed by atoms with Crippen LogP contribution in [0.15, 0.2) is 47.5 Å². The molecular formula is C24H28N2O3S. The van der Waals surface area contributed by atoms with Gasteiger partial charge in [-0.15, -0.1) is 11.3 Å². The summed E-state index contributed by atoms with van der Waals surface area (Å²) in [5.74, 6) is 0.948. The summed E-state index contributed by atoms with van der Waals surface area (Å²) in [5.41, 5.74) is 3.40. The van der Waals surface area contributed by atoms with Gasteiger partial charge >= 0.3 is 5.97 Å². The van der Waals surface area contributed by atoms with Crippen molar-refractivity contribution >= 4 is 23.4 Å². The van der Waals surface area contributed by atoms with Gasteiger partial charge in [-0.25, -0.2) is 9.78 Å². The van der Waals surface area contributed by atoms with Gasteiger partial charge in [0.15, 0.2) is 0 Å². The highest BCUT2D eigenvalue weighted by Crippen LogP contribution is 2.22. The molecule has 0 aliphatic rings. The number of aromatic nitrogens is 2. The zero-order valence-electron chi connectivity index (χ0n) is 17.7. The molecule has 0 fully saturated rings. The maximum absolute atomic E-state index is 11.9. The van der Waals surface area contributed by atoms with Crippen LogP contribution in [0.5, 0.6) is 5.75 Å². The lowest BCUT2D eigenvalue weighted by Gasteiger charge is -2.13. The highest BCUT2D eigenvalue weighted by molar-refractivity contribution is 7.09. The molecule has 0 bridgehead atoms. The number of ether oxygens (including phenoxy) is 1. The van der Waals surface area contributed by atoms with Crippen LogP contribution in [0.4, 0.5) is 0 Å². The molecule has 0 spiro atoms. The minimum absolute atomic E-state index is 0.367. The monoisotopic (exact) mass is 424 g/mol. The van der Waals surface area contributed by atoms with Gasteiger partial charge in [-0.3, -0.25) is 0 Å². The van der Waals surface area contributed by atoms with Gasteiger partial charge in [-0.05, 0) is 48.1 Å². The Bertz CT molecular complexity index is 1020. The molecule has 0 atom stereocenters. The van der Waals surface area contributed by atoms with E-state index < -0.39 is 5.97 Å². The van der Waals surface area contributed by atoms with Crippen LogP contribution in [0.2, 0.25) is 0 Å². The van der Waals surface area contributed by atoms with E-state index in [9.17, 15) is 9.90 Å².